The van der Waals surface area contributed by atoms with Crippen molar-refractivity contribution in [1.29, 1.82) is 0 Å². The summed E-state index contributed by atoms with van der Waals surface area (Å²) in [5, 5.41) is 3.09. The van der Waals surface area contributed by atoms with Crippen molar-refractivity contribution in [3.63, 3.8) is 0 Å². The van der Waals surface area contributed by atoms with Gasteiger partial charge in [0.1, 0.15) is 13.2 Å². The summed E-state index contributed by atoms with van der Waals surface area (Å²) in [6, 6.07) is 16.1. The molecule has 2 aliphatic rings. The summed E-state index contributed by atoms with van der Waals surface area (Å²) in [6.45, 7) is 4.98. The van der Waals surface area contributed by atoms with Gasteiger partial charge in [-0.3, -0.25) is 14.5 Å². The second-order valence-electron chi connectivity index (χ2n) is 7.92. The van der Waals surface area contributed by atoms with E-state index < -0.39 is 0 Å². The van der Waals surface area contributed by atoms with Gasteiger partial charge in [-0.05, 0) is 37.1 Å². The molecule has 1 saturated heterocycles. The van der Waals surface area contributed by atoms with Crippen LogP contribution in [0.2, 0.25) is 0 Å². The van der Waals surface area contributed by atoms with Crippen molar-refractivity contribution in [3.8, 4) is 11.5 Å². The topological polar surface area (TPSA) is 67.9 Å². The summed E-state index contributed by atoms with van der Waals surface area (Å²) in [5.74, 6) is 1.12. The molecule has 2 aromatic rings. The van der Waals surface area contributed by atoms with Crippen LogP contribution in [0.1, 0.15) is 48.1 Å². The van der Waals surface area contributed by atoms with Gasteiger partial charge in [0, 0.05) is 43.6 Å². The number of fused-ring (bicyclic) bond motifs is 1. The standard InChI is InChI=1S/C24H28N2O4/c1-17(18-5-3-2-4-6-18)26-12-11-20(16-26)25-24(28)10-8-21(27)19-7-9-22-23(15-19)30-14-13-29-22/h2-7,9,15,17,20H,8,10-14,16H2,1H3,(H,25,28). The summed E-state index contributed by atoms with van der Waals surface area (Å²) in [5.41, 5.74) is 1.84. The van der Waals surface area contributed by atoms with Gasteiger partial charge in [-0.1, -0.05) is 30.3 Å². The number of benzene rings is 2. The third kappa shape index (κ3) is 4.82. The number of carbonyl (C=O) groups excluding carboxylic acids is 2. The van der Waals surface area contributed by atoms with Gasteiger partial charge in [0.2, 0.25) is 5.91 Å². The Labute approximate surface area is 177 Å². The van der Waals surface area contributed by atoms with Crippen LogP contribution in [0.4, 0.5) is 0 Å². The van der Waals surface area contributed by atoms with Crippen LogP contribution in [0.25, 0.3) is 0 Å². The van der Waals surface area contributed by atoms with Crippen molar-refractivity contribution in [2.75, 3.05) is 26.3 Å². The molecule has 1 fully saturated rings. The lowest BCUT2D eigenvalue weighted by Crippen LogP contribution is -2.37. The van der Waals surface area contributed by atoms with Crippen molar-refractivity contribution in [2.45, 2.75) is 38.3 Å². The molecule has 4 rings (SSSR count). The van der Waals surface area contributed by atoms with Crippen LogP contribution in [0, 0.1) is 0 Å². The highest BCUT2D eigenvalue weighted by Gasteiger charge is 2.27. The Hall–Kier alpha value is -2.86. The first-order valence-electron chi connectivity index (χ1n) is 10.6. The van der Waals surface area contributed by atoms with Crippen molar-refractivity contribution in [3.05, 3.63) is 59.7 Å². The van der Waals surface area contributed by atoms with Crippen molar-refractivity contribution < 1.29 is 19.1 Å². The molecule has 0 saturated carbocycles. The van der Waals surface area contributed by atoms with E-state index in [0.29, 0.717) is 36.3 Å². The predicted octanol–water partition coefficient (Wildman–Crippen LogP) is 3.37. The molecule has 0 bridgehead atoms. The molecule has 2 aromatic carbocycles. The minimum absolute atomic E-state index is 0.0622. The monoisotopic (exact) mass is 408 g/mol. The first-order chi connectivity index (χ1) is 14.6. The molecule has 1 N–H and O–H groups in total. The minimum Gasteiger partial charge on any atom is -0.486 e. The predicted molar refractivity (Wildman–Crippen MR) is 114 cm³/mol. The van der Waals surface area contributed by atoms with Crippen LogP contribution < -0.4 is 14.8 Å². The molecular weight excluding hydrogens is 380 g/mol. The Morgan fingerprint density at radius 1 is 1.07 bits per heavy atom. The van der Waals surface area contributed by atoms with E-state index in [0.717, 1.165) is 19.5 Å². The average Bonchev–Trinajstić information content (AvgIpc) is 3.25. The molecule has 6 heteroatoms. The minimum atomic E-state index is -0.0693. The zero-order chi connectivity index (χ0) is 20.9. The van der Waals surface area contributed by atoms with Crippen LogP contribution >= 0.6 is 0 Å². The SMILES string of the molecule is CC(c1ccccc1)N1CCC(NC(=O)CCC(=O)c2ccc3c(c2)OCCO3)C1. The number of carbonyl (C=O) groups is 2. The van der Waals surface area contributed by atoms with Gasteiger partial charge in [0.15, 0.2) is 17.3 Å². The highest BCUT2D eigenvalue weighted by molar-refractivity contribution is 5.98. The first-order valence-corrected chi connectivity index (χ1v) is 10.6. The van der Waals surface area contributed by atoms with Gasteiger partial charge in [-0.15, -0.1) is 0 Å². The fraction of sp³-hybridized carbons (Fsp3) is 0.417. The van der Waals surface area contributed by atoms with Crippen molar-refractivity contribution >= 4 is 11.7 Å². The van der Waals surface area contributed by atoms with Crippen molar-refractivity contribution in [1.82, 2.24) is 10.2 Å². The van der Waals surface area contributed by atoms with Crippen LogP contribution in [0.3, 0.4) is 0 Å². The molecule has 0 aromatic heterocycles. The number of nitrogens with one attached hydrogen (secondary N) is 1. The van der Waals surface area contributed by atoms with Gasteiger partial charge >= 0.3 is 0 Å². The highest BCUT2D eigenvalue weighted by atomic mass is 16.6. The lowest BCUT2D eigenvalue weighted by Gasteiger charge is -2.24. The van der Waals surface area contributed by atoms with E-state index in [4.69, 9.17) is 9.47 Å². The lowest BCUT2D eigenvalue weighted by molar-refractivity contribution is -0.121. The second kappa shape index (κ2) is 9.30. The smallest absolute Gasteiger partial charge is 0.220 e. The number of hydrogen-bond acceptors (Lipinski definition) is 5. The lowest BCUT2D eigenvalue weighted by atomic mass is 10.1. The molecule has 0 radical (unpaired) electrons. The Balaban J connectivity index is 1.24. The quantitative estimate of drug-likeness (QED) is 0.712. The molecule has 6 nitrogen and oxygen atoms in total. The summed E-state index contributed by atoms with van der Waals surface area (Å²) in [4.78, 5) is 27.3. The third-order valence-electron chi connectivity index (χ3n) is 5.86. The van der Waals surface area contributed by atoms with Gasteiger partial charge in [-0.25, -0.2) is 0 Å². The van der Waals surface area contributed by atoms with Gasteiger partial charge < -0.3 is 14.8 Å². The molecule has 0 spiro atoms. The molecule has 2 unspecified atom stereocenters. The number of likely N-dealkylation sites (tertiary alicyclic amines) is 1. The number of rotatable bonds is 7. The fourth-order valence-electron chi connectivity index (χ4n) is 4.09. The summed E-state index contributed by atoms with van der Waals surface area (Å²) in [6.07, 6.45) is 1.30. The molecular formula is C24H28N2O4. The molecule has 2 aliphatic heterocycles. The molecule has 158 valence electrons. The van der Waals surface area contributed by atoms with Crippen LogP contribution in [0.15, 0.2) is 48.5 Å². The molecule has 2 heterocycles. The fourth-order valence-corrected chi connectivity index (χ4v) is 4.09. The molecule has 2 atom stereocenters. The Morgan fingerprint density at radius 2 is 1.83 bits per heavy atom. The van der Waals surface area contributed by atoms with Crippen LogP contribution in [-0.2, 0) is 4.79 Å². The zero-order valence-electron chi connectivity index (χ0n) is 17.3. The van der Waals surface area contributed by atoms with E-state index in [9.17, 15) is 9.59 Å². The van der Waals surface area contributed by atoms with Gasteiger partial charge in [0.25, 0.3) is 0 Å². The maximum atomic E-state index is 12.5. The zero-order valence-corrected chi connectivity index (χ0v) is 17.3. The normalized spacial score (nSPS) is 19.3. The number of Topliss-reactive ketones (excluding diaryl/α,β-unsaturated/α-hetero) is 1. The van der Waals surface area contributed by atoms with E-state index in [2.05, 4.69) is 41.4 Å². The van der Waals surface area contributed by atoms with Crippen molar-refractivity contribution in [2.24, 2.45) is 0 Å². The summed E-state index contributed by atoms with van der Waals surface area (Å²) < 4.78 is 11.0. The highest BCUT2D eigenvalue weighted by Crippen LogP contribution is 2.31. The molecule has 1 amide bonds. The number of hydrogen-bond donors (Lipinski definition) is 1. The average molecular weight is 408 g/mol. The number of ether oxygens (including phenoxy) is 2. The summed E-state index contributed by atoms with van der Waals surface area (Å²) >= 11 is 0. The van der Waals surface area contributed by atoms with Gasteiger partial charge in [0.05, 0.1) is 0 Å². The maximum Gasteiger partial charge on any atom is 0.220 e. The van der Waals surface area contributed by atoms with E-state index >= 15 is 0 Å². The summed E-state index contributed by atoms with van der Waals surface area (Å²) in [7, 11) is 0. The molecule has 30 heavy (non-hydrogen) atoms. The Bertz CT molecular complexity index is 899. The number of ketones is 1. The third-order valence-corrected chi connectivity index (χ3v) is 5.86. The second-order valence-corrected chi connectivity index (χ2v) is 7.92. The van der Waals surface area contributed by atoms with E-state index in [-0.39, 0.29) is 30.6 Å². The van der Waals surface area contributed by atoms with Crippen LogP contribution in [-0.4, -0.2) is 48.9 Å². The largest absolute Gasteiger partial charge is 0.486 e. The van der Waals surface area contributed by atoms with Gasteiger partial charge in [-0.2, -0.15) is 0 Å². The van der Waals surface area contributed by atoms with E-state index in [1.807, 2.05) is 6.07 Å². The number of amides is 1. The van der Waals surface area contributed by atoms with E-state index in [1.165, 1.54) is 5.56 Å². The number of nitrogens with zero attached hydrogens (tertiary/aromatic N) is 1. The first kappa shape index (κ1) is 20.4. The van der Waals surface area contributed by atoms with E-state index in [1.54, 1.807) is 18.2 Å². The molecule has 0 aliphatic carbocycles. The Kier molecular flexibility index (Phi) is 6.33. The Morgan fingerprint density at radius 3 is 2.63 bits per heavy atom. The maximum absolute atomic E-state index is 12.5. The van der Waals surface area contributed by atoms with Crippen LogP contribution in [0.5, 0.6) is 11.5 Å².